The van der Waals surface area contributed by atoms with Crippen molar-refractivity contribution in [2.75, 3.05) is 14.2 Å². The normalized spacial score (nSPS) is 11.5. The van der Waals surface area contributed by atoms with Gasteiger partial charge in [-0.2, -0.15) is 5.26 Å². The highest BCUT2D eigenvalue weighted by atomic mass is 16.6. The van der Waals surface area contributed by atoms with Gasteiger partial charge >= 0.3 is 5.97 Å². The smallest absolute Gasteiger partial charge is 0.332 e. The first kappa shape index (κ1) is 16.6. The van der Waals surface area contributed by atoms with Crippen LogP contribution in [-0.4, -0.2) is 25.8 Å². The Hall–Kier alpha value is -2.48. The van der Waals surface area contributed by atoms with Crippen LogP contribution in [0, 0.1) is 11.3 Å². The minimum Gasteiger partial charge on any atom is -0.493 e. The monoisotopic (exact) mass is 289 g/mol. The van der Waals surface area contributed by atoms with Crippen molar-refractivity contribution >= 4 is 11.5 Å². The van der Waals surface area contributed by atoms with Gasteiger partial charge in [-0.05, 0) is 44.5 Å². The number of carbonyl (C=O) groups excluding carboxylic acids is 1. The molecule has 21 heavy (non-hydrogen) atoms. The Bertz CT molecular complexity index is 591. The minimum absolute atomic E-state index is 0.199. The van der Waals surface area contributed by atoms with Crippen LogP contribution >= 0.6 is 0 Å². The van der Waals surface area contributed by atoms with E-state index in [9.17, 15) is 10.1 Å². The van der Waals surface area contributed by atoms with Crippen molar-refractivity contribution in [1.82, 2.24) is 0 Å². The van der Waals surface area contributed by atoms with Gasteiger partial charge in [-0.1, -0.05) is 0 Å². The fourth-order valence-corrected chi connectivity index (χ4v) is 1.63. The maximum atomic E-state index is 11.8. The first-order valence-electron chi connectivity index (χ1n) is 6.38. The van der Waals surface area contributed by atoms with Gasteiger partial charge in [-0.15, -0.1) is 0 Å². The van der Waals surface area contributed by atoms with Crippen LogP contribution in [0.15, 0.2) is 24.3 Å². The molecule has 0 fully saturated rings. The third kappa shape index (κ3) is 4.84. The van der Waals surface area contributed by atoms with E-state index in [0.717, 1.165) is 0 Å². The second-order valence-electron chi connectivity index (χ2n) is 5.27. The van der Waals surface area contributed by atoms with Gasteiger partial charge in [0.25, 0.3) is 0 Å². The van der Waals surface area contributed by atoms with Gasteiger partial charge in [0.05, 0.1) is 19.8 Å². The summed E-state index contributed by atoms with van der Waals surface area (Å²) >= 11 is 0. The molecule has 0 spiro atoms. The number of methoxy groups -OCH3 is 2. The molecule has 0 aliphatic heterocycles. The number of nitriles is 1. The van der Waals surface area contributed by atoms with E-state index in [2.05, 4.69) is 0 Å². The third-order valence-electron chi connectivity index (χ3n) is 2.48. The fraction of sp³-hybridized carbons (Fsp3) is 0.375. The predicted molar refractivity (Wildman–Crippen MR) is 79.0 cm³/mol. The maximum Gasteiger partial charge on any atom is 0.332 e. The number of carbonyl (C=O) groups is 1. The molecule has 0 atom stereocenters. The molecule has 1 aromatic rings. The van der Waals surface area contributed by atoms with Gasteiger partial charge < -0.3 is 14.2 Å². The van der Waals surface area contributed by atoms with Gasteiger partial charge in [0, 0.05) is 6.08 Å². The van der Waals surface area contributed by atoms with E-state index in [0.29, 0.717) is 17.1 Å². The van der Waals surface area contributed by atoms with Gasteiger partial charge in [-0.3, -0.25) is 0 Å². The molecular weight excluding hydrogens is 270 g/mol. The zero-order valence-corrected chi connectivity index (χ0v) is 12.9. The summed E-state index contributed by atoms with van der Waals surface area (Å²) in [7, 11) is 3.03. The highest BCUT2D eigenvalue weighted by molar-refractivity contribution is 5.95. The van der Waals surface area contributed by atoms with Gasteiger partial charge in [-0.25, -0.2) is 4.79 Å². The molecule has 0 unspecified atom stereocenters. The van der Waals surface area contributed by atoms with Crippen molar-refractivity contribution in [2.24, 2.45) is 0 Å². The lowest BCUT2D eigenvalue weighted by Gasteiger charge is -2.18. The van der Waals surface area contributed by atoms with E-state index in [1.165, 1.54) is 20.3 Å². The summed E-state index contributed by atoms with van der Waals surface area (Å²) in [6.45, 7) is 5.30. The largest absolute Gasteiger partial charge is 0.493 e. The van der Waals surface area contributed by atoms with Crippen molar-refractivity contribution < 1.29 is 19.0 Å². The molecule has 5 nitrogen and oxygen atoms in total. The lowest BCUT2D eigenvalue weighted by atomic mass is 10.1. The minimum atomic E-state index is -0.605. The second-order valence-corrected chi connectivity index (χ2v) is 5.27. The number of benzene rings is 1. The van der Waals surface area contributed by atoms with Crippen molar-refractivity contribution in [3.63, 3.8) is 0 Å². The van der Waals surface area contributed by atoms with Crippen LogP contribution in [0.2, 0.25) is 0 Å². The Morgan fingerprint density at radius 1 is 1.19 bits per heavy atom. The topological polar surface area (TPSA) is 68.5 Å². The zero-order valence-electron chi connectivity index (χ0n) is 12.9. The lowest BCUT2D eigenvalue weighted by molar-refractivity contribution is -0.148. The molecule has 0 amide bonds. The Kier molecular flexibility index (Phi) is 5.37. The number of ether oxygens (including phenoxy) is 3. The van der Waals surface area contributed by atoms with Crippen LogP contribution in [0.3, 0.4) is 0 Å². The molecule has 0 radical (unpaired) electrons. The van der Waals surface area contributed by atoms with Crippen LogP contribution in [-0.2, 0) is 9.53 Å². The number of rotatable bonds is 4. The van der Waals surface area contributed by atoms with Gasteiger partial charge in [0.2, 0.25) is 0 Å². The second kappa shape index (κ2) is 6.80. The molecule has 0 bridgehead atoms. The Morgan fingerprint density at radius 2 is 1.81 bits per heavy atom. The molecule has 0 saturated heterocycles. The van der Waals surface area contributed by atoms with E-state index in [4.69, 9.17) is 14.2 Å². The van der Waals surface area contributed by atoms with Gasteiger partial charge in [0.15, 0.2) is 11.5 Å². The number of esters is 1. The van der Waals surface area contributed by atoms with E-state index in [-0.39, 0.29) is 5.57 Å². The molecule has 1 rings (SSSR count). The Labute approximate surface area is 124 Å². The fourth-order valence-electron chi connectivity index (χ4n) is 1.63. The van der Waals surface area contributed by atoms with E-state index < -0.39 is 11.6 Å². The predicted octanol–water partition coefficient (Wildman–Crippen LogP) is 2.95. The standard InChI is InChI=1S/C16H19NO4/c1-16(2,3)21-15(18)9-12(10-17)11-6-7-13(19-4)14(8-11)20-5/h6-9H,1-5H3. The summed E-state index contributed by atoms with van der Waals surface area (Å²) in [6.07, 6.45) is 1.17. The van der Waals surface area contributed by atoms with Crippen molar-refractivity contribution in [3.8, 4) is 17.6 Å². The van der Waals surface area contributed by atoms with E-state index >= 15 is 0 Å². The van der Waals surface area contributed by atoms with Crippen molar-refractivity contribution in [1.29, 1.82) is 5.26 Å². The molecule has 0 aliphatic rings. The average molecular weight is 289 g/mol. The average Bonchev–Trinajstić information content (AvgIpc) is 2.42. The number of hydrogen-bond acceptors (Lipinski definition) is 5. The molecule has 0 aromatic heterocycles. The Balaban J connectivity index is 3.11. The van der Waals surface area contributed by atoms with Crippen LogP contribution < -0.4 is 9.47 Å². The quantitative estimate of drug-likeness (QED) is 0.484. The first-order valence-corrected chi connectivity index (χ1v) is 6.38. The molecule has 5 heteroatoms. The summed E-state index contributed by atoms with van der Waals surface area (Å²) in [5.74, 6) is 0.477. The zero-order chi connectivity index (χ0) is 16.0. The number of allylic oxidation sites excluding steroid dienone is 1. The van der Waals surface area contributed by atoms with Crippen LogP contribution in [0.4, 0.5) is 0 Å². The Morgan fingerprint density at radius 3 is 2.29 bits per heavy atom. The van der Waals surface area contributed by atoms with E-state index in [1.54, 1.807) is 39.0 Å². The van der Waals surface area contributed by atoms with Crippen molar-refractivity contribution in [3.05, 3.63) is 29.8 Å². The summed E-state index contributed by atoms with van der Waals surface area (Å²) in [5, 5.41) is 9.22. The number of nitrogens with zero attached hydrogens (tertiary/aromatic N) is 1. The first-order chi connectivity index (χ1) is 9.80. The molecule has 112 valence electrons. The third-order valence-corrected chi connectivity index (χ3v) is 2.48. The molecule has 0 N–H and O–H groups in total. The highest BCUT2D eigenvalue weighted by Gasteiger charge is 2.16. The molecular formula is C16H19NO4. The van der Waals surface area contributed by atoms with Crippen molar-refractivity contribution in [2.45, 2.75) is 26.4 Å². The highest BCUT2D eigenvalue weighted by Crippen LogP contribution is 2.30. The summed E-state index contributed by atoms with van der Waals surface area (Å²) in [5.41, 5.74) is 0.150. The molecule has 0 saturated carbocycles. The summed E-state index contributed by atoms with van der Waals surface area (Å²) in [6, 6.07) is 6.98. The van der Waals surface area contributed by atoms with Gasteiger partial charge in [0.1, 0.15) is 11.7 Å². The lowest BCUT2D eigenvalue weighted by Crippen LogP contribution is -2.22. The molecule has 0 heterocycles. The maximum absolute atomic E-state index is 11.8. The van der Waals surface area contributed by atoms with Crippen LogP contribution in [0.25, 0.3) is 5.57 Å². The molecule has 0 aliphatic carbocycles. The summed E-state index contributed by atoms with van der Waals surface area (Å²) in [4.78, 5) is 11.8. The SMILES string of the molecule is COc1ccc(C(C#N)=CC(=O)OC(C)(C)C)cc1OC. The van der Waals surface area contributed by atoms with E-state index in [1.807, 2.05) is 6.07 Å². The van der Waals surface area contributed by atoms with Crippen LogP contribution in [0.1, 0.15) is 26.3 Å². The number of hydrogen-bond donors (Lipinski definition) is 0. The molecule has 1 aromatic carbocycles. The van der Waals surface area contributed by atoms with Crippen LogP contribution in [0.5, 0.6) is 11.5 Å². The summed E-state index contributed by atoms with van der Waals surface area (Å²) < 4.78 is 15.5.